The van der Waals surface area contributed by atoms with E-state index in [2.05, 4.69) is 52.5 Å². The monoisotopic (exact) mass is 400 g/mol. The number of piperidine rings is 1. The molecule has 128 valence electrons. The maximum absolute atomic E-state index is 12.5. The molecule has 3 rings (SSSR count). The summed E-state index contributed by atoms with van der Waals surface area (Å²) in [5.41, 5.74) is 1.50. The number of rotatable bonds is 4. The molecule has 1 amide bonds. The van der Waals surface area contributed by atoms with Gasteiger partial charge in [-0.3, -0.25) is 4.79 Å². The van der Waals surface area contributed by atoms with E-state index in [4.69, 9.17) is 0 Å². The molecule has 5 heteroatoms. The van der Waals surface area contributed by atoms with Gasteiger partial charge in [-0.1, -0.05) is 41.9 Å². The number of halogens is 2. The Bertz CT molecular complexity index is 570. The van der Waals surface area contributed by atoms with Crippen molar-refractivity contribution in [2.45, 2.75) is 38.5 Å². The van der Waals surface area contributed by atoms with Crippen LogP contribution >= 0.6 is 28.3 Å². The van der Waals surface area contributed by atoms with Gasteiger partial charge in [-0.05, 0) is 55.5 Å². The number of nitrogens with one attached hydrogen (secondary N) is 2. The third kappa shape index (κ3) is 4.09. The first-order valence-corrected chi connectivity index (χ1v) is 8.97. The van der Waals surface area contributed by atoms with Crippen LogP contribution in [0.2, 0.25) is 0 Å². The number of hydrogen-bond donors (Lipinski definition) is 2. The van der Waals surface area contributed by atoms with Crippen molar-refractivity contribution in [1.82, 2.24) is 10.6 Å². The molecule has 1 aliphatic heterocycles. The Kier molecular flexibility index (Phi) is 5.81. The molecule has 1 spiro atoms. The number of benzene rings is 1. The SMILES string of the molecule is CC(C)(CNC(=O)C1CC12CCNCC2)c1cccc(Br)c1.Cl. The highest BCUT2D eigenvalue weighted by atomic mass is 79.9. The highest BCUT2D eigenvalue weighted by molar-refractivity contribution is 9.10. The molecule has 23 heavy (non-hydrogen) atoms. The summed E-state index contributed by atoms with van der Waals surface area (Å²) in [6.45, 7) is 7.18. The first kappa shape index (κ1) is 18.8. The lowest BCUT2D eigenvalue weighted by Gasteiger charge is -2.27. The molecule has 3 nitrogen and oxygen atoms in total. The summed E-state index contributed by atoms with van der Waals surface area (Å²) in [6, 6.07) is 8.34. The minimum Gasteiger partial charge on any atom is -0.355 e. The van der Waals surface area contributed by atoms with E-state index in [1.165, 1.54) is 5.56 Å². The maximum Gasteiger partial charge on any atom is 0.223 e. The molecule has 0 radical (unpaired) electrons. The van der Waals surface area contributed by atoms with Crippen molar-refractivity contribution in [3.63, 3.8) is 0 Å². The summed E-state index contributed by atoms with van der Waals surface area (Å²) >= 11 is 3.52. The van der Waals surface area contributed by atoms with Crippen molar-refractivity contribution in [1.29, 1.82) is 0 Å². The maximum atomic E-state index is 12.5. The molecule has 2 N–H and O–H groups in total. The molecular weight excluding hydrogens is 376 g/mol. The molecule has 1 atom stereocenters. The van der Waals surface area contributed by atoms with Gasteiger partial charge in [-0.15, -0.1) is 12.4 Å². The third-order valence-corrected chi connectivity index (χ3v) is 5.91. The summed E-state index contributed by atoms with van der Waals surface area (Å²) in [5.74, 6) is 0.498. The molecular formula is C18H26BrClN2O. The van der Waals surface area contributed by atoms with E-state index < -0.39 is 0 Å². The summed E-state index contributed by atoms with van der Waals surface area (Å²) in [4.78, 5) is 12.5. The van der Waals surface area contributed by atoms with E-state index in [0.29, 0.717) is 12.0 Å². The van der Waals surface area contributed by atoms with Crippen molar-refractivity contribution < 1.29 is 4.79 Å². The molecule has 2 aliphatic rings. The zero-order chi connectivity index (χ0) is 15.8. The van der Waals surface area contributed by atoms with Gasteiger partial charge in [0.25, 0.3) is 0 Å². The number of amides is 1. The fourth-order valence-electron chi connectivity index (χ4n) is 3.64. The average Bonchev–Trinajstić information content (AvgIpc) is 3.19. The quantitative estimate of drug-likeness (QED) is 0.808. The van der Waals surface area contributed by atoms with Crippen LogP contribution < -0.4 is 10.6 Å². The van der Waals surface area contributed by atoms with Gasteiger partial charge in [0.05, 0.1) is 0 Å². The molecule has 1 saturated carbocycles. The summed E-state index contributed by atoms with van der Waals surface area (Å²) in [5, 5.41) is 6.59. The molecule has 1 aromatic carbocycles. The Morgan fingerprint density at radius 1 is 1.39 bits per heavy atom. The van der Waals surface area contributed by atoms with E-state index in [0.717, 1.165) is 36.8 Å². The van der Waals surface area contributed by atoms with Crippen molar-refractivity contribution in [2.75, 3.05) is 19.6 Å². The van der Waals surface area contributed by atoms with E-state index in [1.807, 2.05) is 12.1 Å². The second kappa shape index (κ2) is 7.12. The topological polar surface area (TPSA) is 41.1 Å². The fourth-order valence-corrected chi connectivity index (χ4v) is 4.04. The van der Waals surface area contributed by atoms with Crippen LogP contribution in [0.1, 0.15) is 38.7 Å². The molecule has 1 unspecified atom stereocenters. The molecule has 0 aromatic heterocycles. The highest BCUT2D eigenvalue weighted by Gasteiger charge is 2.57. The van der Waals surface area contributed by atoms with Crippen LogP contribution in [0.5, 0.6) is 0 Å². The van der Waals surface area contributed by atoms with Crippen LogP contribution in [0.4, 0.5) is 0 Å². The van der Waals surface area contributed by atoms with Crippen LogP contribution in [0, 0.1) is 11.3 Å². The molecule has 1 aliphatic carbocycles. The Hall–Kier alpha value is -0.580. The predicted molar refractivity (Wildman–Crippen MR) is 100 cm³/mol. The summed E-state index contributed by atoms with van der Waals surface area (Å²) < 4.78 is 1.08. The van der Waals surface area contributed by atoms with Gasteiger partial charge >= 0.3 is 0 Å². The van der Waals surface area contributed by atoms with Crippen LogP contribution in [0.15, 0.2) is 28.7 Å². The smallest absolute Gasteiger partial charge is 0.223 e. The highest BCUT2D eigenvalue weighted by Crippen LogP contribution is 2.58. The molecule has 1 heterocycles. The number of hydrogen-bond acceptors (Lipinski definition) is 2. The summed E-state index contributed by atoms with van der Waals surface area (Å²) in [7, 11) is 0. The molecule has 0 bridgehead atoms. The van der Waals surface area contributed by atoms with Gasteiger partial charge in [0, 0.05) is 22.4 Å². The van der Waals surface area contributed by atoms with Crippen molar-refractivity contribution in [2.24, 2.45) is 11.3 Å². The minimum atomic E-state index is -0.0599. The van der Waals surface area contributed by atoms with E-state index in [1.54, 1.807) is 0 Å². The van der Waals surface area contributed by atoms with E-state index in [9.17, 15) is 4.79 Å². The Morgan fingerprint density at radius 3 is 2.74 bits per heavy atom. The average molecular weight is 402 g/mol. The first-order valence-electron chi connectivity index (χ1n) is 8.17. The van der Waals surface area contributed by atoms with Crippen LogP contribution in [0.25, 0.3) is 0 Å². The Morgan fingerprint density at radius 2 is 2.09 bits per heavy atom. The molecule has 1 aromatic rings. The summed E-state index contributed by atoms with van der Waals surface area (Å²) in [6.07, 6.45) is 3.39. The van der Waals surface area contributed by atoms with Gasteiger partial charge in [-0.2, -0.15) is 0 Å². The van der Waals surface area contributed by atoms with Gasteiger partial charge in [-0.25, -0.2) is 0 Å². The molecule has 2 fully saturated rings. The normalized spacial score (nSPS) is 22.3. The van der Waals surface area contributed by atoms with Crippen molar-refractivity contribution >= 4 is 34.2 Å². The Balaban J connectivity index is 0.00000192. The molecule has 1 saturated heterocycles. The van der Waals surface area contributed by atoms with Crippen LogP contribution in [0.3, 0.4) is 0 Å². The standard InChI is InChI=1S/C18H25BrN2O.ClH/c1-17(2,13-4-3-5-14(19)10-13)12-21-16(22)15-11-18(15)6-8-20-9-7-18;/h3-5,10,15,20H,6-9,11-12H2,1-2H3,(H,21,22);1H. The van der Waals surface area contributed by atoms with Crippen molar-refractivity contribution in [3.8, 4) is 0 Å². The van der Waals surface area contributed by atoms with Crippen molar-refractivity contribution in [3.05, 3.63) is 34.3 Å². The second-order valence-corrected chi connectivity index (χ2v) is 8.40. The number of carbonyl (C=O) groups excluding carboxylic acids is 1. The lowest BCUT2D eigenvalue weighted by atomic mass is 9.84. The van der Waals surface area contributed by atoms with Gasteiger partial charge in [0.2, 0.25) is 5.91 Å². The Labute approximate surface area is 153 Å². The van der Waals surface area contributed by atoms with E-state index in [-0.39, 0.29) is 29.6 Å². The van der Waals surface area contributed by atoms with Gasteiger partial charge in [0.1, 0.15) is 0 Å². The first-order chi connectivity index (χ1) is 10.4. The second-order valence-electron chi connectivity index (χ2n) is 7.48. The predicted octanol–water partition coefficient (Wildman–Crippen LogP) is 3.65. The lowest BCUT2D eigenvalue weighted by Crippen LogP contribution is -2.39. The number of carbonyl (C=O) groups is 1. The van der Waals surface area contributed by atoms with Gasteiger partial charge < -0.3 is 10.6 Å². The third-order valence-electron chi connectivity index (χ3n) is 5.42. The van der Waals surface area contributed by atoms with Crippen LogP contribution in [-0.4, -0.2) is 25.5 Å². The van der Waals surface area contributed by atoms with E-state index >= 15 is 0 Å². The van der Waals surface area contributed by atoms with Crippen LogP contribution in [-0.2, 0) is 10.2 Å². The zero-order valence-electron chi connectivity index (χ0n) is 13.8. The minimum absolute atomic E-state index is 0. The van der Waals surface area contributed by atoms with Gasteiger partial charge in [0.15, 0.2) is 0 Å². The fraction of sp³-hybridized carbons (Fsp3) is 0.611. The largest absolute Gasteiger partial charge is 0.355 e. The zero-order valence-corrected chi connectivity index (χ0v) is 16.2. The lowest BCUT2D eigenvalue weighted by molar-refractivity contribution is -0.123.